The minimum atomic E-state index is 0.661. The molecule has 0 aromatic rings. The molecule has 1 atom stereocenters. The summed E-state index contributed by atoms with van der Waals surface area (Å²) in [4.78, 5) is 2.66. The molecule has 0 N–H and O–H groups in total. The van der Waals surface area contributed by atoms with E-state index in [0.29, 0.717) is 12.1 Å². The zero-order valence-electron chi connectivity index (χ0n) is 11.2. The van der Waals surface area contributed by atoms with Crippen molar-refractivity contribution >= 4 is 0 Å². The minimum Gasteiger partial charge on any atom is -0.295 e. The summed E-state index contributed by atoms with van der Waals surface area (Å²) in [5.41, 5.74) is 0. The third-order valence-electron chi connectivity index (χ3n) is 2.93. The maximum absolute atomic E-state index is 2.66. The zero-order chi connectivity index (χ0) is 11.3. The van der Waals surface area contributed by atoms with E-state index in [4.69, 9.17) is 0 Å². The summed E-state index contributed by atoms with van der Waals surface area (Å²) in [5, 5.41) is 0. The van der Waals surface area contributed by atoms with Crippen molar-refractivity contribution in [2.75, 3.05) is 0 Å². The van der Waals surface area contributed by atoms with Crippen LogP contribution in [0.3, 0.4) is 0 Å². The first kappa shape index (κ1) is 14.0. The molecule has 0 heterocycles. The van der Waals surface area contributed by atoms with Crippen LogP contribution in [0.25, 0.3) is 0 Å². The number of rotatable bonds is 6. The molecule has 0 bridgehead atoms. The standard InChI is InChI=1S/C13H29N/c1-8-9-13(10(2)3)14(11(4)5)12(6)7/h10-13H,8-9H2,1-7H3. The molecule has 0 saturated heterocycles. The fourth-order valence-electron chi connectivity index (χ4n) is 2.48. The van der Waals surface area contributed by atoms with Gasteiger partial charge in [0.05, 0.1) is 0 Å². The second-order valence-electron chi connectivity index (χ2n) is 5.23. The molecule has 1 heteroatoms. The molecule has 0 rings (SSSR count). The van der Waals surface area contributed by atoms with Crippen LogP contribution in [0.2, 0.25) is 0 Å². The van der Waals surface area contributed by atoms with E-state index in [0.717, 1.165) is 12.0 Å². The van der Waals surface area contributed by atoms with Crippen LogP contribution in [0.15, 0.2) is 0 Å². The van der Waals surface area contributed by atoms with E-state index >= 15 is 0 Å². The summed E-state index contributed by atoms with van der Waals surface area (Å²) in [6.45, 7) is 16.2. The Labute approximate surface area is 90.9 Å². The summed E-state index contributed by atoms with van der Waals surface area (Å²) in [7, 11) is 0. The van der Waals surface area contributed by atoms with Crippen LogP contribution in [-0.4, -0.2) is 23.0 Å². The average molecular weight is 199 g/mol. The van der Waals surface area contributed by atoms with E-state index in [1.165, 1.54) is 12.8 Å². The quantitative estimate of drug-likeness (QED) is 0.626. The molecule has 1 unspecified atom stereocenters. The second kappa shape index (κ2) is 6.44. The molecule has 0 saturated carbocycles. The van der Waals surface area contributed by atoms with Crippen LogP contribution < -0.4 is 0 Å². The lowest BCUT2D eigenvalue weighted by Crippen LogP contribution is -2.47. The number of hydrogen-bond acceptors (Lipinski definition) is 1. The Kier molecular flexibility index (Phi) is 6.43. The predicted octanol–water partition coefficient (Wildman–Crippen LogP) is 3.93. The fourth-order valence-corrected chi connectivity index (χ4v) is 2.48. The molecular weight excluding hydrogens is 170 g/mol. The number of hydrogen-bond donors (Lipinski definition) is 0. The van der Waals surface area contributed by atoms with E-state index < -0.39 is 0 Å². The smallest absolute Gasteiger partial charge is 0.0123 e. The van der Waals surface area contributed by atoms with Crippen molar-refractivity contribution in [2.24, 2.45) is 5.92 Å². The highest BCUT2D eigenvalue weighted by Crippen LogP contribution is 2.21. The van der Waals surface area contributed by atoms with Gasteiger partial charge in [-0.05, 0) is 40.0 Å². The van der Waals surface area contributed by atoms with Crippen LogP contribution in [0.1, 0.15) is 61.3 Å². The molecule has 0 amide bonds. The number of nitrogens with zero attached hydrogens (tertiary/aromatic N) is 1. The van der Waals surface area contributed by atoms with Crippen molar-refractivity contribution in [1.82, 2.24) is 4.90 Å². The molecule has 86 valence electrons. The third kappa shape index (κ3) is 4.00. The third-order valence-corrected chi connectivity index (χ3v) is 2.93. The van der Waals surface area contributed by atoms with E-state index in [2.05, 4.69) is 53.4 Å². The first-order valence-corrected chi connectivity index (χ1v) is 6.19. The van der Waals surface area contributed by atoms with Gasteiger partial charge in [0, 0.05) is 18.1 Å². The fraction of sp³-hybridized carbons (Fsp3) is 1.00. The first-order valence-electron chi connectivity index (χ1n) is 6.19. The van der Waals surface area contributed by atoms with Gasteiger partial charge in [0.2, 0.25) is 0 Å². The van der Waals surface area contributed by atoms with Gasteiger partial charge in [-0.25, -0.2) is 0 Å². The van der Waals surface area contributed by atoms with Crippen molar-refractivity contribution in [2.45, 2.75) is 79.4 Å². The van der Waals surface area contributed by atoms with Crippen LogP contribution in [0.5, 0.6) is 0 Å². The van der Waals surface area contributed by atoms with Gasteiger partial charge in [-0.1, -0.05) is 27.2 Å². The molecule has 0 fully saturated rings. The highest BCUT2D eigenvalue weighted by atomic mass is 15.2. The lowest BCUT2D eigenvalue weighted by Gasteiger charge is -2.40. The minimum absolute atomic E-state index is 0.661. The monoisotopic (exact) mass is 199 g/mol. The molecule has 0 aliphatic heterocycles. The highest BCUT2D eigenvalue weighted by Gasteiger charge is 2.25. The molecule has 0 aliphatic carbocycles. The van der Waals surface area contributed by atoms with E-state index in [-0.39, 0.29) is 0 Å². The highest BCUT2D eigenvalue weighted by molar-refractivity contribution is 4.79. The molecular formula is C13H29N. The van der Waals surface area contributed by atoms with Crippen molar-refractivity contribution in [1.29, 1.82) is 0 Å². The molecule has 0 spiro atoms. The SMILES string of the molecule is CCCC(C(C)C)N(C(C)C)C(C)C. The molecule has 1 nitrogen and oxygen atoms in total. The zero-order valence-corrected chi connectivity index (χ0v) is 11.2. The Balaban J connectivity index is 4.55. The average Bonchev–Trinajstić information content (AvgIpc) is 2.01. The lowest BCUT2D eigenvalue weighted by molar-refractivity contribution is 0.0763. The van der Waals surface area contributed by atoms with Gasteiger partial charge in [-0.2, -0.15) is 0 Å². The first-order chi connectivity index (χ1) is 6.41. The van der Waals surface area contributed by atoms with Gasteiger partial charge in [0.25, 0.3) is 0 Å². The lowest BCUT2D eigenvalue weighted by atomic mass is 9.95. The molecule has 0 aliphatic rings. The predicted molar refractivity (Wildman–Crippen MR) is 65.6 cm³/mol. The van der Waals surface area contributed by atoms with Crippen LogP contribution >= 0.6 is 0 Å². The van der Waals surface area contributed by atoms with Gasteiger partial charge in [-0.3, -0.25) is 4.90 Å². The maximum atomic E-state index is 2.66. The summed E-state index contributed by atoms with van der Waals surface area (Å²) in [6, 6.07) is 2.07. The Hall–Kier alpha value is -0.0400. The van der Waals surface area contributed by atoms with Crippen LogP contribution in [0, 0.1) is 5.92 Å². The Morgan fingerprint density at radius 1 is 0.857 bits per heavy atom. The molecule has 0 radical (unpaired) electrons. The molecule has 0 aromatic carbocycles. The van der Waals surface area contributed by atoms with Gasteiger partial charge in [-0.15, -0.1) is 0 Å². The van der Waals surface area contributed by atoms with Crippen molar-refractivity contribution < 1.29 is 0 Å². The Bertz CT molecular complexity index is 130. The van der Waals surface area contributed by atoms with Gasteiger partial charge < -0.3 is 0 Å². The Morgan fingerprint density at radius 3 is 1.50 bits per heavy atom. The van der Waals surface area contributed by atoms with Crippen LogP contribution in [0.4, 0.5) is 0 Å². The maximum Gasteiger partial charge on any atom is 0.0123 e. The van der Waals surface area contributed by atoms with Crippen molar-refractivity contribution in [3.05, 3.63) is 0 Å². The van der Waals surface area contributed by atoms with E-state index in [1.807, 2.05) is 0 Å². The largest absolute Gasteiger partial charge is 0.295 e. The molecule has 14 heavy (non-hydrogen) atoms. The van der Waals surface area contributed by atoms with Gasteiger partial charge in [0.1, 0.15) is 0 Å². The summed E-state index contributed by atoms with van der Waals surface area (Å²) >= 11 is 0. The second-order valence-corrected chi connectivity index (χ2v) is 5.23. The molecule has 0 aromatic heterocycles. The van der Waals surface area contributed by atoms with Crippen LogP contribution in [-0.2, 0) is 0 Å². The van der Waals surface area contributed by atoms with Gasteiger partial charge >= 0.3 is 0 Å². The Morgan fingerprint density at radius 2 is 1.29 bits per heavy atom. The van der Waals surface area contributed by atoms with Crippen molar-refractivity contribution in [3.63, 3.8) is 0 Å². The van der Waals surface area contributed by atoms with E-state index in [1.54, 1.807) is 0 Å². The topological polar surface area (TPSA) is 3.24 Å². The summed E-state index contributed by atoms with van der Waals surface area (Å²) in [6.07, 6.45) is 2.62. The normalized spacial score (nSPS) is 14.8. The summed E-state index contributed by atoms with van der Waals surface area (Å²) in [5.74, 6) is 0.764. The van der Waals surface area contributed by atoms with Crippen molar-refractivity contribution in [3.8, 4) is 0 Å². The van der Waals surface area contributed by atoms with Gasteiger partial charge in [0.15, 0.2) is 0 Å². The van der Waals surface area contributed by atoms with E-state index in [9.17, 15) is 0 Å². The summed E-state index contributed by atoms with van der Waals surface area (Å²) < 4.78 is 0.